The number of halogens is 1. The van der Waals surface area contributed by atoms with E-state index in [2.05, 4.69) is 15.2 Å². The number of nitrogens with two attached hydrogens (primary N) is 1. The maximum atomic E-state index is 12.1. The summed E-state index contributed by atoms with van der Waals surface area (Å²) < 4.78 is 0. The van der Waals surface area contributed by atoms with Crippen LogP contribution in [0.25, 0.3) is 0 Å². The zero-order valence-electron chi connectivity index (χ0n) is 9.72. The van der Waals surface area contributed by atoms with E-state index >= 15 is 0 Å². The van der Waals surface area contributed by atoms with Crippen LogP contribution >= 0.6 is 11.6 Å². The van der Waals surface area contributed by atoms with Crippen LogP contribution in [0.15, 0.2) is 24.5 Å². The summed E-state index contributed by atoms with van der Waals surface area (Å²) in [5.74, 6) is 0.0507. The number of aromatic amines is 1. The summed E-state index contributed by atoms with van der Waals surface area (Å²) in [5.41, 5.74) is 6.88. The Morgan fingerprint density at radius 2 is 2.33 bits per heavy atom. The normalized spacial score (nSPS) is 10.3. The number of nitrogens with zero attached hydrogens (tertiary/aromatic N) is 3. The van der Waals surface area contributed by atoms with E-state index in [1.165, 1.54) is 12.1 Å². The highest BCUT2D eigenvalue weighted by atomic mass is 35.5. The number of hydrogen-bond donors (Lipinski definition) is 2. The van der Waals surface area contributed by atoms with Crippen LogP contribution in [0.1, 0.15) is 15.9 Å². The molecule has 0 spiro atoms. The first-order chi connectivity index (χ1) is 8.56. The lowest BCUT2D eigenvalue weighted by atomic mass is 10.2. The van der Waals surface area contributed by atoms with Crippen molar-refractivity contribution in [2.45, 2.75) is 6.54 Å². The van der Waals surface area contributed by atoms with Crippen LogP contribution in [-0.4, -0.2) is 33.0 Å². The Morgan fingerprint density at radius 1 is 1.56 bits per heavy atom. The number of carbonyl (C=O) groups excluding carboxylic acids is 1. The summed E-state index contributed by atoms with van der Waals surface area (Å²) in [7, 11) is 1.69. The molecule has 6 nitrogen and oxygen atoms in total. The number of nitrogens with one attached hydrogen (secondary N) is 1. The van der Waals surface area contributed by atoms with Gasteiger partial charge in [-0.05, 0) is 12.1 Å². The molecule has 0 fully saturated rings. The SMILES string of the molecule is CN(Cc1cn[nH]c1)C(=O)c1cc(N)nc(Cl)c1. The lowest BCUT2D eigenvalue weighted by Crippen LogP contribution is -2.26. The smallest absolute Gasteiger partial charge is 0.254 e. The van der Waals surface area contributed by atoms with Crippen LogP contribution in [0, 0.1) is 0 Å². The van der Waals surface area contributed by atoms with E-state index in [1.54, 1.807) is 24.3 Å². The van der Waals surface area contributed by atoms with Crippen LogP contribution in [-0.2, 0) is 6.54 Å². The Labute approximate surface area is 109 Å². The zero-order valence-corrected chi connectivity index (χ0v) is 10.5. The van der Waals surface area contributed by atoms with Gasteiger partial charge in [0.15, 0.2) is 0 Å². The molecule has 7 heteroatoms. The third-order valence-corrected chi connectivity index (χ3v) is 2.58. The van der Waals surface area contributed by atoms with Crippen molar-refractivity contribution in [2.24, 2.45) is 0 Å². The van der Waals surface area contributed by atoms with E-state index in [0.29, 0.717) is 12.1 Å². The Hall–Kier alpha value is -2.08. The van der Waals surface area contributed by atoms with Crippen molar-refractivity contribution in [1.82, 2.24) is 20.1 Å². The van der Waals surface area contributed by atoms with E-state index in [1.807, 2.05) is 0 Å². The monoisotopic (exact) mass is 265 g/mol. The maximum Gasteiger partial charge on any atom is 0.254 e. The second kappa shape index (κ2) is 5.05. The van der Waals surface area contributed by atoms with Crippen molar-refractivity contribution in [3.8, 4) is 0 Å². The first-order valence-corrected chi connectivity index (χ1v) is 5.60. The van der Waals surface area contributed by atoms with Gasteiger partial charge >= 0.3 is 0 Å². The highest BCUT2D eigenvalue weighted by Crippen LogP contribution is 2.14. The number of H-pyrrole nitrogens is 1. The van der Waals surface area contributed by atoms with Gasteiger partial charge in [0.2, 0.25) is 0 Å². The Bertz CT molecular complexity index is 534. The molecule has 2 aromatic heterocycles. The van der Waals surface area contributed by atoms with Crippen LogP contribution < -0.4 is 5.73 Å². The number of aromatic nitrogens is 3. The molecule has 0 aliphatic rings. The Balaban J connectivity index is 2.15. The molecule has 3 N–H and O–H groups in total. The van der Waals surface area contributed by atoms with Crippen molar-refractivity contribution >= 4 is 23.3 Å². The Morgan fingerprint density at radius 3 is 2.94 bits per heavy atom. The van der Waals surface area contributed by atoms with Gasteiger partial charge in [-0.2, -0.15) is 5.10 Å². The molecule has 94 valence electrons. The summed E-state index contributed by atoms with van der Waals surface area (Å²) in [4.78, 5) is 17.5. The molecule has 0 saturated carbocycles. The predicted molar refractivity (Wildman–Crippen MR) is 68.0 cm³/mol. The Kier molecular flexibility index (Phi) is 3.47. The van der Waals surface area contributed by atoms with Crippen LogP contribution in [0.3, 0.4) is 0 Å². The summed E-state index contributed by atoms with van der Waals surface area (Å²) in [6, 6.07) is 2.99. The minimum absolute atomic E-state index is 0.174. The van der Waals surface area contributed by atoms with Crippen molar-refractivity contribution < 1.29 is 4.79 Å². The molecule has 2 aromatic rings. The largest absolute Gasteiger partial charge is 0.384 e. The van der Waals surface area contributed by atoms with E-state index in [0.717, 1.165) is 5.56 Å². The highest BCUT2D eigenvalue weighted by molar-refractivity contribution is 6.29. The van der Waals surface area contributed by atoms with Crippen LogP contribution in [0.4, 0.5) is 5.82 Å². The first kappa shape index (κ1) is 12.4. The topological polar surface area (TPSA) is 87.9 Å². The molecule has 18 heavy (non-hydrogen) atoms. The third-order valence-electron chi connectivity index (χ3n) is 2.38. The fourth-order valence-electron chi connectivity index (χ4n) is 1.57. The van der Waals surface area contributed by atoms with Gasteiger partial charge in [-0.3, -0.25) is 9.89 Å². The van der Waals surface area contributed by atoms with Crippen molar-refractivity contribution in [2.75, 3.05) is 12.8 Å². The van der Waals surface area contributed by atoms with E-state index in [9.17, 15) is 4.79 Å². The van der Waals surface area contributed by atoms with Gasteiger partial charge in [-0.15, -0.1) is 0 Å². The summed E-state index contributed by atoms with van der Waals surface area (Å²) in [5, 5.41) is 6.72. The molecular weight excluding hydrogens is 254 g/mol. The van der Waals surface area contributed by atoms with Crippen LogP contribution in [0.5, 0.6) is 0 Å². The van der Waals surface area contributed by atoms with Crippen molar-refractivity contribution in [3.63, 3.8) is 0 Å². The van der Waals surface area contributed by atoms with Crippen molar-refractivity contribution in [3.05, 3.63) is 40.8 Å². The highest BCUT2D eigenvalue weighted by Gasteiger charge is 2.14. The number of hydrogen-bond acceptors (Lipinski definition) is 4. The molecule has 0 saturated heterocycles. The molecule has 0 atom stereocenters. The summed E-state index contributed by atoms with van der Waals surface area (Å²) in [6.45, 7) is 0.454. The van der Waals surface area contributed by atoms with E-state index in [-0.39, 0.29) is 16.9 Å². The molecule has 2 rings (SSSR count). The number of rotatable bonds is 3. The first-order valence-electron chi connectivity index (χ1n) is 5.22. The standard InChI is InChI=1S/C11H12ClN5O/c1-17(6-7-4-14-15-5-7)11(18)8-2-9(12)16-10(13)3-8/h2-5H,6H2,1H3,(H2,13,16)(H,14,15). The molecule has 0 aliphatic heterocycles. The fraction of sp³-hybridized carbons (Fsp3) is 0.182. The molecule has 0 radical (unpaired) electrons. The average molecular weight is 266 g/mol. The minimum atomic E-state index is -0.174. The molecular formula is C11H12ClN5O. The quantitative estimate of drug-likeness (QED) is 0.819. The zero-order chi connectivity index (χ0) is 13.1. The second-order valence-electron chi connectivity index (χ2n) is 3.87. The maximum absolute atomic E-state index is 12.1. The van der Waals surface area contributed by atoms with Crippen molar-refractivity contribution in [1.29, 1.82) is 0 Å². The summed E-state index contributed by atoms with van der Waals surface area (Å²) >= 11 is 5.76. The lowest BCUT2D eigenvalue weighted by molar-refractivity contribution is 0.0785. The molecule has 0 aromatic carbocycles. The van der Waals surface area contributed by atoms with Crippen LogP contribution in [0.2, 0.25) is 5.15 Å². The minimum Gasteiger partial charge on any atom is -0.384 e. The molecule has 0 bridgehead atoms. The van der Waals surface area contributed by atoms with Gasteiger partial charge in [0.25, 0.3) is 5.91 Å². The second-order valence-corrected chi connectivity index (χ2v) is 4.26. The molecule has 2 heterocycles. The number of anilines is 1. The van der Waals surface area contributed by atoms with E-state index in [4.69, 9.17) is 17.3 Å². The predicted octanol–water partition coefficient (Wildman–Crippen LogP) is 1.31. The number of nitrogen functional groups attached to an aromatic ring is 1. The van der Waals surface area contributed by atoms with Gasteiger partial charge in [0.1, 0.15) is 11.0 Å². The average Bonchev–Trinajstić information content (AvgIpc) is 2.79. The third kappa shape index (κ3) is 2.78. The van der Waals surface area contributed by atoms with Gasteiger partial charge in [0, 0.05) is 30.9 Å². The molecule has 0 unspecified atom stereocenters. The van der Waals surface area contributed by atoms with Gasteiger partial charge in [-0.25, -0.2) is 4.98 Å². The lowest BCUT2D eigenvalue weighted by Gasteiger charge is -2.16. The fourth-order valence-corrected chi connectivity index (χ4v) is 1.79. The summed E-state index contributed by atoms with van der Waals surface area (Å²) in [6.07, 6.45) is 3.40. The van der Waals surface area contributed by atoms with Gasteiger partial charge in [-0.1, -0.05) is 11.6 Å². The molecule has 1 amide bonds. The number of amides is 1. The van der Waals surface area contributed by atoms with Gasteiger partial charge in [0.05, 0.1) is 6.20 Å². The van der Waals surface area contributed by atoms with Gasteiger partial charge < -0.3 is 10.6 Å². The number of pyridine rings is 1. The number of carbonyl (C=O) groups is 1. The molecule has 0 aliphatic carbocycles. The van der Waals surface area contributed by atoms with E-state index < -0.39 is 0 Å².